The molecule has 1 fully saturated rings. The number of piperazine rings is 1. The fourth-order valence-corrected chi connectivity index (χ4v) is 2.99. The number of ether oxygens (including phenoxy) is 2. The maximum absolute atomic E-state index is 12.5. The first kappa shape index (κ1) is 19.2. The first-order valence-electron chi connectivity index (χ1n) is 8.51. The predicted molar refractivity (Wildman–Crippen MR) is 95.1 cm³/mol. The zero-order valence-electron chi connectivity index (χ0n) is 15.7. The SMILES string of the molecule is COC(=O)C1(C)CN(C(=O)OC(C)(C)C)CCN1Cc1ccccc1. The normalized spacial score (nSPS) is 21.7. The van der Waals surface area contributed by atoms with Gasteiger partial charge in [-0.05, 0) is 33.3 Å². The molecule has 1 aliphatic heterocycles. The van der Waals surface area contributed by atoms with Crippen LogP contribution in [0.15, 0.2) is 30.3 Å². The van der Waals surface area contributed by atoms with Gasteiger partial charge in [0.05, 0.1) is 13.7 Å². The summed E-state index contributed by atoms with van der Waals surface area (Å²) in [5.74, 6) is -0.350. The van der Waals surface area contributed by atoms with E-state index < -0.39 is 17.2 Å². The van der Waals surface area contributed by atoms with Crippen molar-refractivity contribution in [2.24, 2.45) is 0 Å². The minimum Gasteiger partial charge on any atom is -0.468 e. The smallest absolute Gasteiger partial charge is 0.410 e. The van der Waals surface area contributed by atoms with Crippen molar-refractivity contribution < 1.29 is 19.1 Å². The van der Waals surface area contributed by atoms with Gasteiger partial charge in [0, 0.05) is 19.6 Å². The first-order valence-corrected chi connectivity index (χ1v) is 8.51. The predicted octanol–water partition coefficient (Wildman–Crippen LogP) is 2.67. The highest BCUT2D eigenvalue weighted by atomic mass is 16.6. The number of esters is 1. The van der Waals surface area contributed by atoms with Gasteiger partial charge < -0.3 is 14.4 Å². The fraction of sp³-hybridized carbons (Fsp3) is 0.579. The number of nitrogens with zero attached hydrogens (tertiary/aromatic N) is 2. The minimum atomic E-state index is -0.917. The molecule has 1 heterocycles. The van der Waals surface area contributed by atoms with Crippen molar-refractivity contribution in [3.63, 3.8) is 0 Å². The van der Waals surface area contributed by atoms with Crippen molar-refractivity contribution in [2.45, 2.75) is 45.4 Å². The lowest BCUT2D eigenvalue weighted by Gasteiger charge is -2.46. The van der Waals surface area contributed by atoms with Crippen LogP contribution in [-0.4, -0.2) is 59.7 Å². The third-order valence-corrected chi connectivity index (χ3v) is 4.33. The lowest BCUT2D eigenvalue weighted by Crippen LogP contribution is -2.65. The first-order chi connectivity index (χ1) is 11.7. The number of amides is 1. The number of carbonyl (C=O) groups excluding carboxylic acids is 2. The highest BCUT2D eigenvalue weighted by molar-refractivity contribution is 5.82. The largest absolute Gasteiger partial charge is 0.468 e. The Hall–Kier alpha value is -2.08. The third-order valence-electron chi connectivity index (χ3n) is 4.33. The molecule has 0 saturated carbocycles. The zero-order valence-corrected chi connectivity index (χ0v) is 15.7. The number of rotatable bonds is 3. The van der Waals surface area contributed by atoms with Crippen LogP contribution in [-0.2, 0) is 20.8 Å². The van der Waals surface area contributed by atoms with Crippen LogP contribution >= 0.6 is 0 Å². The number of methoxy groups -OCH3 is 1. The second-order valence-corrected chi connectivity index (χ2v) is 7.57. The molecule has 1 unspecified atom stereocenters. The summed E-state index contributed by atoms with van der Waals surface area (Å²) in [6.07, 6.45) is -0.401. The quantitative estimate of drug-likeness (QED) is 0.786. The maximum atomic E-state index is 12.5. The third kappa shape index (κ3) is 4.72. The van der Waals surface area contributed by atoms with Gasteiger partial charge >= 0.3 is 12.1 Å². The molecule has 1 aliphatic rings. The summed E-state index contributed by atoms with van der Waals surface area (Å²) in [5.41, 5.74) is -0.372. The van der Waals surface area contributed by atoms with Crippen LogP contribution in [0.5, 0.6) is 0 Å². The molecule has 1 aromatic carbocycles. The van der Waals surface area contributed by atoms with Gasteiger partial charge in [-0.25, -0.2) is 9.59 Å². The summed E-state index contributed by atoms with van der Waals surface area (Å²) < 4.78 is 10.5. The van der Waals surface area contributed by atoms with Crippen LogP contribution in [0, 0.1) is 0 Å². The molecule has 0 aliphatic carbocycles. The van der Waals surface area contributed by atoms with Gasteiger partial charge in [-0.1, -0.05) is 30.3 Å². The highest BCUT2D eigenvalue weighted by Crippen LogP contribution is 2.26. The van der Waals surface area contributed by atoms with Crippen LogP contribution in [0.3, 0.4) is 0 Å². The Bertz CT molecular complexity index is 612. The van der Waals surface area contributed by atoms with E-state index in [0.717, 1.165) is 5.56 Å². The Balaban J connectivity index is 2.18. The summed E-state index contributed by atoms with van der Waals surface area (Å²) in [6.45, 7) is 9.24. The molecule has 138 valence electrons. The molecule has 0 bridgehead atoms. The average molecular weight is 348 g/mol. The second-order valence-electron chi connectivity index (χ2n) is 7.57. The molecular formula is C19H28N2O4. The molecule has 0 N–H and O–H groups in total. The van der Waals surface area contributed by atoms with Crippen molar-refractivity contribution in [2.75, 3.05) is 26.7 Å². The summed E-state index contributed by atoms with van der Waals surface area (Å²) in [4.78, 5) is 28.6. The van der Waals surface area contributed by atoms with Gasteiger partial charge in [0.1, 0.15) is 11.1 Å². The van der Waals surface area contributed by atoms with Gasteiger partial charge in [0.25, 0.3) is 0 Å². The Morgan fingerprint density at radius 3 is 2.36 bits per heavy atom. The van der Waals surface area contributed by atoms with E-state index in [4.69, 9.17) is 9.47 Å². The van der Waals surface area contributed by atoms with Crippen LogP contribution < -0.4 is 0 Å². The van der Waals surface area contributed by atoms with Gasteiger partial charge in [-0.2, -0.15) is 0 Å². The zero-order chi connectivity index (χ0) is 18.7. The number of carbonyl (C=O) groups is 2. The molecule has 0 spiro atoms. The number of hydrogen-bond donors (Lipinski definition) is 0. The Labute approximate surface area is 149 Å². The summed E-state index contributed by atoms with van der Waals surface area (Å²) >= 11 is 0. The van der Waals surface area contributed by atoms with E-state index in [-0.39, 0.29) is 12.5 Å². The van der Waals surface area contributed by atoms with Crippen LogP contribution in [0.4, 0.5) is 4.79 Å². The average Bonchev–Trinajstić information content (AvgIpc) is 2.55. The molecule has 1 amide bonds. The van der Waals surface area contributed by atoms with Gasteiger partial charge in [0.2, 0.25) is 0 Å². The van der Waals surface area contributed by atoms with Crippen molar-refractivity contribution in [1.82, 2.24) is 9.80 Å². The lowest BCUT2D eigenvalue weighted by atomic mass is 9.95. The van der Waals surface area contributed by atoms with Crippen LogP contribution in [0.1, 0.15) is 33.3 Å². The second kappa shape index (κ2) is 7.44. The molecule has 1 saturated heterocycles. The molecule has 6 heteroatoms. The summed E-state index contributed by atoms with van der Waals surface area (Å²) in [6, 6.07) is 9.96. The van der Waals surface area contributed by atoms with E-state index in [1.807, 2.05) is 58.0 Å². The molecular weight excluding hydrogens is 320 g/mol. The number of benzene rings is 1. The molecule has 25 heavy (non-hydrogen) atoms. The topological polar surface area (TPSA) is 59.1 Å². The monoisotopic (exact) mass is 348 g/mol. The Morgan fingerprint density at radius 2 is 1.80 bits per heavy atom. The Kier molecular flexibility index (Phi) is 5.72. The van der Waals surface area contributed by atoms with E-state index in [1.54, 1.807) is 4.90 Å². The maximum Gasteiger partial charge on any atom is 0.410 e. The molecule has 0 radical (unpaired) electrons. The van der Waals surface area contributed by atoms with E-state index in [9.17, 15) is 9.59 Å². The van der Waals surface area contributed by atoms with Crippen LogP contribution in [0.25, 0.3) is 0 Å². The van der Waals surface area contributed by atoms with Crippen LogP contribution in [0.2, 0.25) is 0 Å². The summed E-state index contributed by atoms with van der Waals surface area (Å²) in [5, 5.41) is 0. The van der Waals surface area contributed by atoms with Gasteiger partial charge in [-0.15, -0.1) is 0 Å². The van der Waals surface area contributed by atoms with Gasteiger partial charge in [-0.3, -0.25) is 4.90 Å². The molecule has 0 aromatic heterocycles. The molecule has 1 atom stereocenters. The molecule has 1 aromatic rings. The fourth-order valence-electron chi connectivity index (χ4n) is 2.99. The van der Waals surface area contributed by atoms with E-state index in [2.05, 4.69) is 4.90 Å². The van der Waals surface area contributed by atoms with Crippen molar-refractivity contribution in [3.05, 3.63) is 35.9 Å². The van der Waals surface area contributed by atoms with E-state index in [0.29, 0.717) is 19.6 Å². The molecule has 2 rings (SSSR count). The minimum absolute atomic E-state index is 0.238. The summed E-state index contributed by atoms with van der Waals surface area (Å²) in [7, 11) is 1.38. The molecule has 6 nitrogen and oxygen atoms in total. The van der Waals surface area contributed by atoms with Gasteiger partial charge in [0.15, 0.2) is 0 Å². The standard InChI is InChI=1S/C19H28N2O4/c1-18(2,3)25-17(23)20-11-12-21(13-15-9-7-6-8-10-15)19(4,14-20)16(22)24-5/h6-10H,11-14H2,1-5H3. The van der Waals surface area contributed by atoms with Crippen molar-refractivity contribution in [3.8, 4) is 0 Å². The Morgan fingerprint density at radius 1 is 1.16 bits per heavy atom. The number of hydrogen-bond acceptors (Lipinski definition) is 5. The van der Waals surface area contributed by atoms with Crippen molar-refractivity contribution >= 4 is 12.1 Å². The van der Waals surface area contributed by atoms with E-state index >= 15 is 0 Å². The van der Waals surface area contributed by atoms with Crippen molar-refractivity contribution in [1.29, 1.82) is 0 Å². The van der Waals surface area contributed by atoms with E-state index in [1.165, 1.54) is 7.11 Å². The highest BCUT2D eigenvalue weighted by Gasteiger charge is 2.46. The lowest BCUT2D eigenvalue weighted by molar-refractivity contribution is -0.159.